The van der Waals surface area contributed by atoms with Crippen molar-refractivity contribution < 1.29 is 0 Å². The SMILES string of the molecule is Nc1nc(-c2ccccc2)c2nc(-c3ccc(-c4ccccc4)cc3)ccc2n1. The highest BCUT2D eigenvalue weighted by Crippen LogP contribution is 2.29. The van der Waals surface area contributed by atoms with E-state index in [1.54, 1.807) is 0 Å². The summed E-state index contributed by atoms with van der Waals surface area (Å²) in [5, 5.41) is 0. The third kappa shape index (κ3) is 3.32. The van der Waals surface area contributed by atoms with Crippen molar-refractivity contribution in [1.29, 1.82) is 0 Å². The van der Waals surface area contributed by atoms with Gasteiger partial charge in [-0.15, -0.1) is 0 Å². The Morgan fingerprint density at radius 2 is 1.07 bits per heavy atom. The average molecular weight is 374 g/mol. The van der Waals surface area contributed by atoms with E-state index in [4.69, 9.17) is 10.7 Å². The molecular formula is C25H18N4. The Balaban J connectivity index is 1.60. The summed E-state index contributed by atoms with van der Waals surface area (Å²) in [6, 6.07) is 32.6. The number of pyridine rings is 1. The smallest absolute Gasteiger partial charge is 0.221 e. The van der Waals surface area contributed by atoms with Crippen LogP contribution in [0.2, 0.25) is 0 Å². The summed E-state index contributed by atoms with van der Waals surface area (Å²) >= 11 is 0. The molecule has 0 saturated heterocycles. The Morgan fingerprint density at radius 1 is 0.483 bits per heavy atom. The molecule has 0 unspecified atom stereocenters. The van der Waals surface area contributed by atoms with Crippen molar-refractivity contribution in [3.8, 4) is 33.6 Å². The lowest BCUT2D eigenvalue weighted by Gasteiger charge is -2.09. The number of nitrogens with two attached hydrogens (primary N) is 1. The van der Waals surface area contributed by atoms with Crippen molar-refractivity contribution in [2.75, 3.05) is 5.73 Å². The number of benzene rings is 3. The van der Waals surface area contributed by atoms with E-state index in [1.165, 1.54) is 11.1 Å². The van der Waals surface area contributed by atoms with Crippen molar-refractivity contribution in [2.45, 2.75) is 0 Å². The van der Waals surface area contributed by atoms with Crippen molar-refractivity contribution in [2.24, 2.45) is 0 Å². The zero-order valence-electron chi connectivity index (χ0n) is 15.7. The number of anilines is 1. The maximum atomic E-state index is 5.93. The van der Waals surface area contributed by atoms with Gasteiger partial charge < -0.3 is 5.73 Å². The van der Waals surface area contributed by atoms with Gasteiger partial charge in [-0.1, -0.05) is 84.9 Å². The lowest BCUT2D eigenvalue weighted by Crippen LogP contribution is -2.00. The van der Waals surface area contributed by atoms with E-state index in [9.17, 15) is 0 Å². The van der Waals surface area contributed by atoms with Gasteiger partial charge in [-0.2, -0.15) is 0 Å². The van der Waals surface area contributed by atoms with Crippen LogP contribution in [-0.2, 0) is 0 Å². The predicted molar refractivity (Wildman–Crippen MR) is 118 cm³/mol. The maximum absolute atomic E-state index is 5.93. The van der Waals surface area contributed by atoms with E-state index >= 15 is 0 Å². The fourth-order valence-electron chi connectivity index (χ4n) is 3.45. The number of hydrogen-bond acceptors (Lipinski definition) is 4. The molecular weight excluding hydrogens is 356 g/mol. The third-order valence-corrected chi connectivity index (χ3v) is 4.89. The summed E-state index contributed by atoms with van der Waals surface area (Å²) < 4.78 is 0. The van der Waals surface area contributed by atoms with E-state index < -0.39 is 0 Å². The molecule has 3 aromatic carbocycles. The van der Waals surface area contributed by atoms with Crippen molar-refractivity contribution >= 4 is 17.0 Å². The summed E-state index contributed by atoms with van der Waals surface area (Å²) in [6.07, 6.45) is 0. The van der Waals surface area contributed by atoms with Gasteiger partial charge in [0.1, 0.15) is 11.2 Å². The summed E-state index contributed by atoms with van der Waals surface area (Å²) in [4.78, 5) is 13.7. The quantitative estimate of drug-likeness (QED) is 0.446. The van der Waals surface area contributed by atoms with Crippen molar-refractivity contribution in [1.82, 2.24) is 15.0 Å². The molecule has 0 spiro atoms. The molecule has 4 nitrogen and oxygen atoms in total. The topological polar surface area (TPSA) is 64.7 Å². The summed E-state index contributed by atoms with van der Waals surface area (Å²) in [6.45, 7) is 0. The molecule has 0 aliphatic heterocycles. The Kier molecular flexibility index (Phi) is 4.22. The number of rotatable bonds is 3. The molecule has 0 aliphatic carbocycles. The Hall–Kier alpha value is -4.05. The first-order valence-electron chi connectivity index (χ1n) is 9.43. The molecule has 0 aliphatic rings. The standard InChI is InChI=1S/C25H18N4/c26-25-28-22-16-15-21(27-24(22)23(29-25)20-9-5-2-6-10-20)19-13-11-18(12-14-19)17-7-3-1-4-8-17/h1-16H,(H2,26,28,29). The largest absolute Gasteiger partial charge is 0.368 e. The Morgan fingerprint density at radius 3 is 1.76 bits per heavy atom. The van der Waals surface area contributed by atoms with Gasteiger partial charge in [-0.05, 0) is 23.3 Å². The van der Waals surface area contributed by atoms with Crippen LogP contribution in [0.1, 0.15) is 0 Å². The molecule has 138 valence electrons. The van der Waals surface area contributed by atoms with Crippen LogP contribution in [0, 0.1) is 0 Å². The highest BCUT2D eigenvalue weighted by molar-refractivity contribution is 5.91. The molecule has 2 N–H and O–H groups in total. The highest BCUT2D eigenvalue weighted by atomic mass is 15.0. The van der Waals surface area contributed by atoms with Crippen LogP contribution in [0.3, 0.4) is 0 Å². The van der Waals surface area contributed by atoms with Crippen molar-refractivity contribution in [3.63, 3.8) is 0 Å². The predicted octanol–water partition coefficient (Wildman–Crippen LogP) is 5.61. The molecule has 0 radical (unpaired) electrons. The van der Waals surface area contributed by atoms with Crippen LogP contribution >= 0.6 is 0 Å². The number of nitrogens with zero attached hydrogens (tertiary/aromatic N) is 3. The first kappa shape index (κ1) is 17.1. The van der Waals surface area contributed by atoms with Crippen molar-refractivity contribution in [3.05, 3.63) is 97.1 Å². The molecule has 29 heavy (non-hydrogen) atoms. The minimum absolute atomic E-state index is 0.248. The number of hydrogen-bond donors (Lipinski definition) is 1. The van der Waals surface area contributed by atoms with E-state index in [0.29, 0.717) is 0 Å². The molecule has 0 amide bonds. The van der Waals surface area contributed by atoms with E-state index in [0.717, 1.165) is 33.5 Å². The molecule has 2 heterocycles. The summed E-state index contributed by atoms with van der Waals surface area (Å²) in [7, 11) is 0. The Labute approximate surface area is 168 Å². The molecule has 0 saturated carbocycles. The third-order valence-electron chi connectivity index (χ3n) is 4.89. The lowest BCUT2D eigenvalue weighted by molar-refractivity contribution is 1.21. The minimum Gasteiger partial charge on any atom is -0.368 e. The minimum atomic E-state index is 0.248. The Bertz CT molecular complexity index is 1280. The summed E-state index contributed by atoms with van der Waals surface area (Å²) in [5.41, 5.74) is 13.4. The monoisotopic (exact) mass is 374 g/mol. The van der Waals surface area contributed by atoms with E-state index in [1.807, 2.05) is 60.7 Å². The fourth-order valence-corrected chi connectivity index (χ4v) is 3.45. The lowest BCUT2D eigenvalue weighted by atomic mass is 10.0. The number of aromatic nitrogens is 3. The second-order valence-electron chi connectivity index (χ2n) is 6.80. The maximum Gasteiger partial charge on any atom is 0.221 e. The zero-order chi connectivity index (χ0) is 19.6. The normalized spacial score (nSPS) is 10.9. The summed E-state index contributed by atoms with van der Waals surface area (Å²) in [5.74, 6) is 0.248. The van der Waals surface area contributed by atoms with E-state index in [2.05, 4.69) is 46.4 Å². The second kappa shape index (κ2) is 7.17. The molecule has 4 heteroatoms. The first-order valence-corrected chi connectivity index (χ1v) is 9.43. The first-order chi connectivity index (χ1) is 14.3. The molecule has 5 rings (SSSR count). The van der Waals surface area contributed by atoms with Gasteiger partial charge in [-0.25, -0.2) is 15.0 Å². The molecule has 0 bridgehead atoms. The van der Waals surface area contributed by atoms with Gasteiger partial charge in [0.05, 0.1) is 11.2 Å². The van der Waals surface area contributed by atoms with Crippen LogP contribution in [0.4, 0.5) is 5.95 Å². The van der Waals surface area contributed by atoms with Gasteiger partial charge >= 0.3 is 0 Å². The van der Waals surface area contributed by atoms with Gasteiger partial charge in [0.2, 0.25) is 5.95 Å². The van der Waals surface area contributed by atoms with Gasteiger partial charge in [0.25, 0.3) is 0 Å². The van der Waals surface area contributed by atoms with Gasteiger partial charge in [0.15, 0.2) is 0 Å². The second-order valence-corrected chi connectivity index (χ2v) is 6.80. The van der Waals surface area contributed by atoms with Crippen LogP contribution in [-0.4, -0.2) is 15.0 Å². The molecule has 0 atom stereocenters. The van der Waals surface area contributed by atoms with Crippen LogP contribution in [0.5, 0.6) is 0 Å². The average Bonchev–Trinajstić information content (AvgIpc) is 2.79. The van der Waals surface area contributed by atoms with Gasteiger partial charge in [-0.3, -0.25) is 0 Å². The zero-order valence-corrected chi connectivity index (χ0v) is 15.7. The molecule has 0 fully saturated rings. The van der Waals surface area contributed by atoms with Gasteiger partial charge in [0, 0.05) is 11.1 Å². The van der Waals surface area contributed by atoms with Crippen LogP contribution < -0.4 is 5.73 Å². The van der Waals surface area contributed by atoms with E-state index in [-0.39, 0.29) is 5.95 Å². The number of nitrogen functional groups attached to an aromatic ring is 1. The van der Waals surface area contributed by atoms with Crippen LogP contribution in [0.15, 0.2) is 97.1 Å². The highest BCUT2D eigenvalue weighted by Gasteiger charge is 2.12. The molecule has 5 aromatic rings. The molecule has 2 aromatic heterocycles. The number of fused-ring (bicyclic) bond motifs is 1. The fraction of sp³-hybridized carbons (Fsp3) is 0. The van der Waals surface area contributed by atoms with Crippen LogP contribution in [0.25, 0.3) is 44.7 Å².